The van der Waals surface area contributed by atoms with Crippen LogP contribution < -0.4 is 32.7 Å². The summed E-state index contributed by atoms with van der Waals surface area (Å²) in [5.74, 6) is -4.10. The Morgan fingerprint density at radius 2 is 1.55 bits per heavy atom. The molecule has 10 N–H and O–H groups in total. The van der Waals surface area contributed by atoms with E-state index in [0.29, 0.717) is 6.42 Å². The van der Waals surface area contributed by atoms with Gasteiger partial charge in [0.1, 0.15) is 18.1 Å². The largest absolute Gasteiger partial charge is 0.481 e. The monoisotopic (exact) mass is 415 g/mol. The van der Waals surface area contributed by atoms with Crippen molar-refractivity contribution in [2.75, 3.05) is 6.54 Å². The zero-order chi connectivity index (χ0) is 22.6. The number of amides is 4. The Balaban J connectivity index is 5.11. The van der Waals surface area contributed by atoms with Crippen molar-refractivity contribution >= 4 is 35.6 Å². The van der Waals surface area contributed by atoms with E-state index in [1.165, 1.54) is 13.8 Å². The van der Waals surface area contributed by atoms with Gasteiger partial charge in [0.2, 0.25) is 23.6 Å². The summed E-state index contributed by atoms with van der Waals surface area (Å²) in [6.45, 7) is 2.93. The Bertz CT molecular complexity index is 639. The van der Waals surface area contributed by atoms with Crippen molar-refractivity contribution in [3.8, 4) is 0 Å². The normalized spacial score (nSPS) is 13.3. The Hall–Kier alpha value is -3.38. The fourth-order valence-corrected chi connectivity index (χ4v) is 2.29. The summed E-state index contributed by atoms with van der Waals surface area (Å²) >= 11 is 0. The quantitative estimate of drug-likeness (QED) is 0.0880. The lowest BCUT2D eigenvalue weighted by Crippen LogP contribution is -2.55. The van der Waals surface area contributed by atoms with Crippen molar-refractivity contribution < 1.29 is 29.1 Å². The number of primary amides is 1. The standard InChI is InChI=1S/C16H29N7O6/c1-8(21-9(2)24)14(28)23-11(4-3-7-20-16(18)19)15(29)22-10(13(17)27)5-6-12(25)26/h8,10-11H,3-7H2,1-2H3,(H2,17,27)(H,21,24)(H,22,29)(H,23,28)(H,25,26)(H4,18,19,20)/t8-,10-,11-/m0/s1. The second kappa shape index (κ2) is 12.9. The molecule has 0 spiro atoms. The summed E-state index contributed by atoms with van der Waals surface area (Å²) in [5, 5.41) is 25.6. The minimum atomic E-state index is -1.22. The number of rotatable bonds is 13. The van der Waals surface area contributed by atoms with E-state index in [4.69, 9.17) is 22.0 Å². The predicted octanol–water partition coefficient (Wildman–Crippen LogP) is -2.91. The number of nitrogens with two attached hydrogens (primary N) is 2. The van der Waals surface area contributed by atoms with Gasteiger partial charge >= 0.3 is 5.97 Å². The summed E-state index contributed by atoms with van der Waals surface area (Å²) in [6, 6.07) is -3.21. The van der Waals surface area contributed by atoms with Gasteiger partial charge < -0.3 is 37.8 Å². The van der Waals surface area contributed by atoms with Crippen LogP contribution in [-0.4, -0.2) is 65.3 Å². The molecule has 0 aliphatic carbocycles. The molecular weight excluding hydrogens is 386 g/mol. The lowest BCUT2D eigenvalue weighted by molar-refractivity contribution is -0.138. The van der Waals surface area contributed by atoms with E-state index in [1.807, 2.05) is 0 Å². The van der Waals surface area contributed by atoms with E-state index < -0.39 is 47.7 Å². The van der Waals surface area contributed by atoms with Crippen molar-refractivity contribution in [3.05, 3.63) is 0 Å². The van der Waals surface area contributed by atoms with Gasteiger partial charge in [0.25, 0.3) is 0 Å². The van der Waals surface area contributed by atoms with E-state index in [9.17, 15) is 24.0 Å². The molecule has 29 heavy (non-hydrogen) atoms. The molecule has 164 valence electrons. The van der Waals surface area contributed by atoms with E-state index in [1.54, 1.807) is 0 Å². The van der Waals surface area contributed by atoms with E-state index in [0.717, 1.165) is 0 Å². The smallest absolute Gasteiger partial charge is 0.303 e. The maximum Gasteiger partial charge on any atom is 0.303 e. The van der Waals surface area contributed by atoms with Gasteiger partial charge in [0.05, 0.1) is 0 Å². The predicted molar refractivity (Wildman–Crippen MR) is 102 cm³/mol. The third kappa shape index (κ3) is 11.8. The Kier molecular flexibility index (Phi) is 11.4. The summed E-state index contributed by atoms with van der Waals surface area (Å²) in [5.41, 5.74) is 10.4. The molecule has 0 aromatic rings. The molecule has 0 heterocycles. The fraction of sp³-hybridized carbons (Fsp3) is 0.625. The highest BCUT2D eigenvalue weighted by Crippen LogP contribution is 2.03. The van der Waals surface area contributed by atoms with Gasteiger partial charge in [0, 0.05) is 19.9 Å². The van der Waals surface area contributed by atoms with E-state index in [-0.39, 0.29) is 31.8 Å². The van der Waals surface area contributed by atoms with Crippen LogP contribution in [0.1, 0.15) is 39.5 Å². The number of hydrogen-bond acceptors (Lipinski definition) is 6. The minimum absolute atomic E-state index is 0.120. The molecule has 0 aliphatic rings. The fourth-order valence-electron chi connectivity index (χ4n) is 2.29. The zero-order valence-corrected chi connectivity index (χ0v) is 16.4. The molecule has 3 atom stereocenters. The molecule has 0 unspecified atom stereocenters. The molecule has 0 rings (SSSR count). The average Bonchev–Trinajstić information content (AvgIpc) is 2.59. The van der Waals surface area contributed by atoms with Crippen LogP contribution in [0.5, 0.6) is 0 Å². The number of guanidine groups is 1. The second-order valence-electron chi connectivity index (χ2n) is 6.36. The van der Waals surface area contributed by atoms with E-state index >= 15 is 0 Å². The van der Waals surface area contributed by atoms with Gasteiger partial charge in [-0.15, -0.1) is 0 Å². The summed E-state index contributed by atoms with van der Waals surface area (Å²) < 4.78 is 0. The zero-order valence-electron chi connectivity index (χ0n) is 16.4. The number of hydrogen-bond donors (Lipinski definition) is 8. The topological polar surface area (TPSA) is 230 Å². The molecule has 0 bridgehead atoms. The van der Waals surface area contributed by atoms with Crippen LogP contribution in [0.3, 0.4) is 0 Å². The number of carboxylic acid groups (broad SMARTS) is 1. The van der Waals surface area contributed by atoms with Crippen LogP contribution >= 0.6 is 0 Å². The van der Waals surface area contributed by atoms with Gasteiger partial charge in [0.15, 0.2) is 5.96 Å². The lowest BCUT2D eigenvalue weighted by atomic mass is 10.1. The summed E-state index contributed by atoms with van der Waals surface area (Å²) in [6.07, 6.45) is -0.129. The van der Waals surface area contributed by atoms with Crippen molar-refractivity contribution in [2.45, 2.75) is 57.7 Å². The number of carboxylic acids is 1. The molecule has 0 aromatic heterocycles. The molecule has 0 radical (unpaired) electrons. The van der Waals surface area contributed by atoms with Crippen LogP contribution in [0.15, 0.2) is 0 Å². The third-order valence-electron chi connectivity index (χ3n) is 3.74. The van der Waals surface area contributed by atoms with Crippen LogP contribution in [0, 0.1) is 5.41 Å². The van der Waals surface area contributed by atoms with Gasteiger partial charge in [-0.1, -0.05) is 0 Å². The minimum Gasteiger partial charge on any atom is -0.481 e. The summed E-state index contributed by atoms with van der Waals surface area (Å²) in [4.78, 5) is 58.1. The molecule has 13 heteroatoms. The average molecular weight is 415 g/mol. The molecule has 4 amide bonds. The summed E-state index contributed by atoms with van der Waals surface area (Å²) in [7, 11) is 0. The Labute approximate surface area is 167 Å². The van der Waals surface area contributed by atoms with E-state index in [2.05, 4.69) is 21.3 Å². The van der Waals surface area contributed by atoms with Gasteiger partial charge in [-0.25, -0.2) is 0 Å². The highest BCUT2D eigenvalue weighted by atomic mass is 16.4. The first-order chi connectivity index (χ1) is 13.4. The maximum atomic E-state index is 12.6. The molecule has 0 saturated carbocycles. The highest BCUT2D eigenvalue weighted by molar-refractivity contribution is 5.93. The number of carbonyl (C=O) groups is 5. The third-order valence-corrected chi connectivity index (χ3v) is 3.74. The first-order valence-electron chi connectivity index (χ1n) is 8.90. The van der Waals surface area contributed by atoms with Crippen LogP contribution in [0.25, 0.3) is 0 Å². The molecule has 0 aliphatic heterocycles. The SMILES string of the molecule is CC(=O)N[C@@H](C)C(=O)N[C@@H](CCCNC(=N)N)C(=O)N[C@@H](CCC(=O)O)C(N)=O. The molecular formula is C16H29N7O6. The molecule has 0 saturated heterocycles. The first kappa shape index (κ1) is 25.6. The number of carbonyl (C=O) groups excluding carboxylic acids is 4. The Morgan fingerprint density at radius 1 is 0.966 bits per heavy atom. The van der Waals surface area contributed by atoms with Gasteiger partial charge in [-0.2, -0.15) is 0 Å². The van der Waals surface area contributed by atoms with Crippen molar-refractivity contribution in [1.29, 1.82) is 5.41 Å². The first-order valence-corrected chi connectivity index (χ1v) is 8.90. The molecule has 0 fully saturated rings. The van der Waals surface area contributed by atoms with Crippen LogP contribution in [0.2, 0.25) is 0 Å². The number of aliphatic carboxylic acids is 1. The molecule has 13 nitrogen and oxygen atoms in total. The van der Waals surface area contributed by atoms with Gasteiger partial charge in [-0.3, -0.25) is 29.4 Å². The maximum absolute atomic E-state index is 12.6. The Morgan fingerprint density at radius 3 is 2.03 bits per heavy atom. The van der Waals surface area contributed by atoms with Crippen LogP contribution in [0.4, 0.5) is 0 Å². The highest BCUT2D eigenvalue weighted by Gasteiger charge is 2.27. The van der Waals surface area contributed by atoms with Crippen LogP contribution in [-0.2, 0) is 24.0 Å². The molecule has 0 aromatic carbocycles. The van der Waals surface area contributed by atoms with Crippen molar-refractivity contribution in [2.24, 2.45) is 11.5 Å². The van der Waals surface area contributed by atoms with Crippen molar-refractivity contribution in [3.63, 3.8) is 0 Å². The second-order valence-corrected chi connectivity index (χ2v) is 6.36. The number of nitrogens with one attached hydrogen (secondary N) is 5. The van der Waals surface area contributed by atoms with Gasteiger partial charge in [-0.05, 0) is 26.2 Å². The lowest BCUT2D eigenvalue weighted by Gasteiger charge is -2.23. The van der Waals surface area contributed by atoms with Crippen molar-refractivity contribution in [1.82, 2.24) is 21.3 Å².